The van der Waals surface area contributed by atoms with Crippen LogP contribution < -0.4 is 4.90 Å². The molecule has 0 saturated carbocycles. The van der Waals surface area contributed by atoms with Gasteiger partial charge in [-0.1, -0.05) is 35.5 Å². The number of rotatable bonds is 5. The molecular formula is C20H20N4O4S. The number of aromatic nitrogens is 2. The fourth-order valence-electron chi connectivity index (χ4n) is 3.34. The Morgan fingerprint density at radius 3 is 2.69 bits per heavy atom. The van der Waals surface area contributed by atoms with Crippen LogP contribution in [0.5, 0.6) is 0 Å². The largest absolute Gasteiger partial charge is 0.338 e. The van der Waals surface area contributed by atoms with Crippen LogP contribution in [0.4, 0.5) is 5.69 Å². The third kappa shape index (κ3) is 3.66. The molecule has 0 unspecified atom stereocenters. The summed E-state index contributed by atoms with van der Waals surface area (Å²) in [5.41, 5.74) is 2.41. The molecule has 2 heterocycles. The number of sulfonamides is 1. The van der Waals surface area contributed by atoms with Crippen LogP contribution in [0.1, 0.15) is 18.4 Å². The van der Waals surface area contributed by atoms with E-state index in [2.05, 4.69) is 10.1 Å². The average molecular weight is 412 g/mol. The summed E-state index contributed by atoms with van der Waals surface area (Å²) in [6.45, 7) is 2.02. The van der Waals surface area contributed by atoms with Gasteiger partial charge in [0.15, 0.2) is 0 Å². The Bertz CT molecular complexity index is 1160. The molecule has 0 atom stereocenters. The van der Waals surface area contributed by atoms with E-state index in [0.29, 0.717) is 18.8 Å². The minimum atomic E-state index is -3.75. The normalized spacial score (nSPS) is 13.7. The molecule has 8 nitrogen and oxygen atoms in total. The second-order valence-electron chi connectivity index (χ2n) is 6.85. The quantitative estimate of drug-likeness (QED) is 0.639. The van der Waals surface area contributed by atoms with E-state index in [-0.39, 0.29) is 23.2 Å². The zero-order valence-corrected chi connectivity index (χ0v) is 16.9. The molecule has 2 aromatic carbocycles. The Hall–Kier alpha value is -3.04. The first kappa shape index (κ1) is 19.3. The van der Waals surface area contributed by atoms with E-state index >= 15 is 0 Å². The molecule has 1 aliphatic rings. The van der Waals surface area contributed by atoms with E-state index in [0.717, 1.165) is 16.8 Å². The predicted octanol–water partition coefficient (Wildman–Crippen LogP) is 2.47. The van der Waals surface area contributed by atoms with Crippen LogP contribution in [0, 0.1) is 0 Å². The van der Waals surface area contributed by atoms with E-state index < -0.39 is 10.0 Å². The number of carbonyl (C=O) groups excluding carboxylic acids is 1. The highest BCUT2D eigenvalue weighted by Gasteiger charge is 2.27. The van der Waals surface area contributed by atoms with Gasteiger partial charge < -0.3 is 9.42 Å². The maximum atomic E-state index is 13.0. The Labute approximate surface area is 168 Å². The van der Waals surface area contributed by atoms with Crippen molar-refractivity contribution in [1.82, 2.24) is 14.4 Å². The highest BCUT2D eigenvalue weighted by Crippen LogP contribution is 2.31. The van der Waals surface area contributed by atoms with E-state index in [4.69, 9.17) is 4.52 Å². The van der Waals surface area contributed by atoms with Gasteiger partial charge in [-0.25, -0.2) is 8.42 Å². The van der Waals surface area contributed by atoms with Gasteiger partial charge in [-0.15, -0.1) is 0 Å². The van der Waals surface area contributed by atoms with Gasteiger partial charge in [0.05, 0.1) is 11.4 Å². The van der Waals surface area contributed by atoms with Crippen LogP contribution >= 0.6 is 0 Å². The summed E-state index contributed by atoms with van der Waals surface area (Å²) in [5, 5.41) is 3.92. The van der Waals surface area contributed by atoms with E-state index in [1.54, 1.807) is 17.0 Å². The van der Waals surface area contributed by atoms with Crippen LogP contribution in [0.15, 0.2) is 57.9 Å². The van der Waals surface area contributed by atoms with Crippen molar-refractivity contribution in [3.63, 3.8) is 0 Å². The minimum Gasteiger partial charge on any atom is -0.338 e. The average Bonchev–Trinajstić information content (AvgIpc) is 3.35. The Morgan fingerprint density at radius 1 is 1.21 bits per heavy atom. The van der Waals surface area contributed by atoms with Crippen molar-refractivity contribution in [2.45, 2.75) is 24.8 Å². The van der Waals surface area contributed by atoms with Crippen molar-refractivity contribution in [2.75, 3.05) is 18.5 Å². The lowest BCUT2D eigenvalue weighted by atomic mass is 10.2. The summed E-state index contributed by atoms with van der Waals surface area (Å²) in [5.74, 6) is 0.564. The lowest BCUT2D eigenvalue weighted by Gasteiger charge is -2.17. The molecule has 29 heavy (non-hydrogen) atoms. The molecule has 1 aromatic heterocycles. The van der Waals surface area contributed by atoms with Crippen molar-refractivity contribution >= 4 is 21.6 Å². The second-order valence-corrected chi connectivity index (χ2v) is 8.89. The highest BCUT2D eigenvalue weighted by atomic mass is 32.2. The van der Waals surface area contributed by atoms with Gasteiger partial charge in [-0.05, 0) is 30.2 Å². The number of fused-ring (bicyclic) bond motifs is 1. The SMILES string of the molecule is CC(=O)N1CCc2cc(S(=O)(=O)N(C)Cc3nc(-c4ccccc4)no3)ccc21. The summed E-state index contributed by atoms with van der Waals surface area (Å²) in [6.07, 6.45) is 0.631. The van der Waals surface area contributed by atoms with Crippen molar-refractivity contribution in [3.05, 3.63) is 60.0 Å². The number of amides is 1. The lowest BCUT2D eigenvalue weighted by molar-refractivity contribution is -0.116. The van der Waals surface area contributed by atoms with Crippen LogP contribution in [0.2, 0.25) is 0 Å². The maximum absolute atomic E-state index is 13.0. The summed E-state index contributed by atoms with van der Waals surface area (Å²) in [7, 11) is -2.28. The molecule has 0 radical (unpaired) electrons. The molecule has 1 aliphatic heterocycles. The molecule has 150 valence electrons. The molecule has 0 saturated heterocycles. The van der Waals surface area contributed by atoms with Gasteiger partial charge in [-0.2, -0.15) is 9.29 Å². The van der Waals surface area contributed by atoms with Crippen molar-refractivity contribution < 1.29 is 17.7 Å². The zero-order valence-electron chi connectivity index (χ0n) is 16.1. The molecule has 0 bridgehead atoms. The monoisotopic (exact) mass is 412 g/mol. The van der Waals surface area contributed by atoms with Gasteiger partial charge in [0.25, 0.3) is 0 Å². The second kappa shape index (κ2) is 7.41. The van der Waals surface area contributed by atoms with E-state index in [1.165, 1.54) is 24.3 Å². The van der Waals surface area contributed by atoms with Crippen molar-refractivity contribution in [1.29, 1.82) is 0 Å². The highest BCUT2D eigenvalue weighted by molar-refractivity contribution is 7.89. The number of hydrogen-bond acceptors (Lipinski definition) is 6. The number of carbonyl (C=O) groups is 1. The fraction of sp³-hybridized carbons (Fsp3) is 0.250. The maximum Gasteiger partial charge on any atom is 0.243 e. The molecule has 0 aliphatic carbocycles. The topological polar surface area (TPSA) is 96.6 Å². The first-order chi connectivity index (χ1) is 13.9. The summed E-state index contributed by atoms with van der Waals surface area (Å²) < 4.78 is 32.4. The third-order valence-electron chi connectivity index (χ3n) is 4.89. The van der Waals surface area contributed by atoms with Crippen molar-refractivity contribution in [3.8, 4) is 11.4 Å². The Kier molecular flexibility index (Phi) is 4.93. The number of anilines is 1. The van der Waals surface area contributed by atoms with Gasteiger partial charge in [-0.3, -0.25) is 4.79 Å². The molecule has 4 rings (SSSR count). The Morgan fingerprint density at radius 2 is 1.97 bits per heavy atom. The molecule has 3 aromatic rings. The first-order valence-corrected chi connectivity index (χ1v) is 10.6. The molecule has 0 N–H and O–H groups in total. The van der Waals surface area contributed by atoms with E-state index in [9.17, 15) is 13.2 Å². The van der Waals surface area contributed by atoms with Gasteiger partial charge in [0.2, 0.25) is 27.6 Å². The third-order valence-corrected chi connectivity index (χ3v) is 6.69. The zero-order chi connectivity index (χ0) is 20.6. The summed E-state index contributed by atoms with van der Waals surface area (Å²) in [6, 6.07) is 14.2. The van der Waals surface area contributed by atoms with Crippen LogP contribution in [-0.4, -0.2) is 42.4 Å². The lowest BCUT2D eigenvalue weighted by Crippen LogP contribution is -2.27. The molecule has 9 heteroatoms. The van der Waals surface area contributed by atoms with Crippen molar-refractivity contribution in [2.24, 2.45) is 0 Å². The van der Waals surface area contributed by atoms with Crippen LogP contribution in [-0.2, 0) is 27.8 Å². The predicted molar refractivity (Wildman–Crippen MR) is 107 cm³/mol. The Balaban J connectivity index is 1.54. The molecule has 0 spiro atoms. The van der Waals surface area contributed by atoms with Crippen LogP contribution in [0.3, 0.4) is 0 Å². The smallest absolute Gasteiger partial charge is 0.243 e. The number of hydrogen-bond donors (Lipinski definition) is 0. The van der Waals surface area contributed by atoms with Gasteiger partial charge >= 0.3 is 0 Å². The van der Waals surface area contributed by atoms with Crippen LogP contribution in [0.25, 0.3) is 11.4 Å². The van der Waals surface area contributed by atoms with E-state index in [1.807, 2.05) is 30.3 Å². The van der Waals surface area contributed by atoms with Gasteiger partial charge in [0.1, 0.15) is 0 Å². The fourth-order valence-corrected chi connectivity index (χ4v) is 4.52. The summed E-state index contributed by atoms with van der Waals surface area (Å²) in [4.78, 5) is 17.8. The van der Waals surface area contributed by atoms with Gasteiger partial charge in [0, 0.05) is 31.8 Å². The number of nitrogens with zero attached hydrogens (tertiary/aromatic N) is 4. The minimum absolute atomic E-state index is 0.0428. The first-order valence-electron chi connectivity index (χ1n) is 9.11. The molecular weight excluding hydrogens is 392 g/mol. The molecule has 1 amide bonds. The number of benzene rings is 2. The molecule has 0 fully saturated rings. The summed E-state index contributed by atoms with van der Waals surface area (Å²) >= 11 is 0. The standard InChI is InChI=1S/C20H20N4O4S/c1-14(25)24-11-10-16-12-17(8-9-18(16)24)29(26,27)23(2)13-19-21-20(22-28-19)15-6-4-3-5-7-15/h3-9,12H,10-11,13H2,1-2H3.